The third kappa shape index (κ3) is 0.900. The smallest absolute Gasteiger partial charge is 0.192 e. The fourth-order valence-corrected chi connectivity index (χ4v) is 1.18. The number of hydrogen-bond donors (Lipinski definition) is 0. The van der Waals surface area contributed by atoms with E-state index in [4.69, 9.17) is 0 Å². The number of rotatable bonds is 1. The minimum Gasteiger partial charge on any atom is -0.192 e. The van der Waals surface area contributed by atoms with Crippen LogP contribution in [0.5, 0.6) is 0 Å². The molecule has 1 rings (SSSR count). The zero-order chi connectivity index (χ0) is 6.20. The van der Waals surface area contributed by atoms with E-state index in [0.717, 1.165) is 6.42 Å². The lowest BCUT2D eigenvalue weighted by Crippen LogP contribution is -2.05. The largest absolute Gasteiger partial charge is 0.320 e. The molecule has 0 saturated heterocycles. The Hall–Kier alpha value is -0.350. The van der Waals surface area contributed by atoms with Crippen LogP contribution in [0.4, 0.5) is 0 Å². The summed E-state index contributed by atoms with van der Waals surface area (Å²) in [5.41, 5.74) is 0. The van der Waals surface area contributed by atoms with Crippen LogP contribution in [0.25, 0.3) is 0 Å². The molecule has 0 aromatic heterocycles. The van der Waals surface area contributed by atoms with E-state index < -0.39 is 10.1 Å². The van der Waals surface area contributed by atoms with Crippen molar-refractivity contribution >= 4 is 10.1 Å². The van der Waals surface area contributed by atoms with Crippen molar-refractivity contribution < 1.29 is 13.0 Å². The predicted molar refractivity (Wildman–Crippen MR) is 26.9 cm³/mol. The maximum absolute atomic E-state index is 9.99. The van der Waals surface area contributed by atoms with E-state index in [2.05, 4.69) is 0 Å². The Balaban J connectivity index is 2.91. The molecule has 0 aliphatic heterocycles. The number of hydrogen-bond acceptors (Lipinski definition) is 2. The van der Waals surface area contributed by atoms with Crippen molar-refractivity contribution in [1.29, 1.82) is 0 Å². The van der Waals surface area contributed by atoms with E-state index in [9.17, 15) is 13.0 Å². The summed E-state index contributed by atoms with van der Waals surface area (Å²) >= 11 is 0. The molecule has 1 aliphatic carbocycles. The Morgan fingerprint density at radius 2 is 2.00 bits per heavy atom. The van der Waals surface area contributed by atoms with Gasteiger partial charge >= 0.3 is 10.1 Å². The minimum absolute atomic E-state index is 0.0532. The summed E-state index contributed by atoms with van der Waals surface area (Å²) in [5.74, 6) is 0. The quantitative estimate of drug-likeness (QED) is 0.520. The summed E-state index contributed by atoms with van der Waals surface area (Å²) in [5, 5.41) is 0. The van der Waals surface area contributed by atoms with Gasteiger partial charge in [-0.1, -0.05) is 10.6 Å². The lowest BCUT2D eigenvalue weighted by atomic mass is 10.1. The third-order valence-corrected chi connectivity index (χ3v) is 2.10. The van der Waals surface area contributed by atoms with Gasteiger partial charge in [-0.15, -0.1) is 0 Å². The second-order valence-corrected chi connectivity index (χ2v) is 3.10. The van der Waals surface area contributed by atoms with E-state index in [0.29, 0.717) is 6.42 Å². The Morgan fingerprint density at radius 1 is 1.50 bits per heavy atom. The van der Waals surface area contributed by atoms with Crippen LogP contribution in [0.3, 0.4) is 0 Å². The van der Waals surface area contributed by atoms with Gasteiger partial charge in [-0.3, -0.25) is 0 Å². The monoisotopic (exact) mass is 133 g/mol. The van der Waals surface area contributed by atoms with Gasteiger partial charge in [0, 0.05) is 0 Å². The van der Waals surface area contributed by atoms with Crippen LogP contribution in [0.1, 0.15) is 12.8 Å². The molecule has 0 unspecified atom stereocenters. The maximum atomic E-state index is 9.99. The van der Waals surface area contributed by atoms with E-state index in [1.807, 2.05) is 0 Å². The van der Waals surface area contributed by atoms with Crippen LogP contribution < -0.4 is 0 Å². The third-order valence-electron chi connectivity index (χ3n) is 1.08. The molecule has 45 valence electrons. The highest BCUT2D eigenvalue weighted by Crippen LogP contribution is 2.22. The summed E-state index contributed by atoms with van der Waals surface area (Å²) < 4.78 is 30.0. The first-order chi connectivity index (χ1) is 3.61. The summed E-state index contributed by atoms with van der Waals surface area (Å²) in [6.45, 7) is 0. The highest BCUT2D eigenvalue weighted by atomic mass is 32.2. The Bertz CT molecular complexity index is 211. The van der Waals surface area contributed by atoms with Gasteiger partial charge in [0.1, 0.15) is 0 Å². The normalized spacial score (nSPS) is 19.4. The van der Waals surface area contributed by atoms with Crippen molar-refractivity contribution in [2.24, 2.45) is 0 Å². The van der Waals surface area contributed by atoms with E-state index in [1.54, 1.807) is 0 Å². The average Bonchev–Trinajstić information content (AvgIpc) is 1.16. The van der Waals surface area contributed by atoms with Gasteiger partial charge in [0.05, 0.1) is 4.91 Å². The molecular weight excluding hydrogens is 128 g/mol. The standard InChI is InChI=1S/C4H5O3S/c5-8(6,7)4-2-1-3-4/h2H,1,3H2. The first-order valence-electron chi connectivity index (χ1n) is 2.25. The molecule has 0 saturated carbocycles. The molecule has 0 N–H and O–H groups in total. The van der Waals surface area contributed by atoms with Crippen LogP contribution in [-0.2, 0) is 14.7 Å². The zero-order valence-corrected chi connectivity index (χ0v) is 4.94. The van der Waals surface area contributed by atoms with Crippen LogP contribution in [0.15, 0.2) is 11.0 Å². The van der Waals surface area contributed by atoms with E-state index in [-0.39, 0.29) is 4.91 Å². The second kappa shape index (κ2) is 1.56. The van der Waals surface area contributed by atoms with Gasteiger partial charge in [-0.05, 0) is 12.8 Å². The van der Waals surface area contributed by atoms with Crippen molar-refractivity contribution in [2.45, 2.75) is 12.8 Å². The van der Waals surface area contributed by atoms with Gasteiger partial charge in [-0.25, -0.2) is 0 Å². The fraction of sp³-hybridized carbons (Fsp3) is 0.500. The first kappa shape index (κ1) is 5.78. The Morgan fingerprint density at radius 3 is 2.00 bits per heavy atom. The molecule has 4 heteroatoms. The predicted octanol–water partition coefficient (Wildman–Crippen LogP) is 0.424. The average molecular weight is 133 g/mol. The van der Waals surface area contributed by atoms with Gasteiger partial charge in [-0.2, -0.15) is 8.42 Å². The van der Waals surface area contributed by atoms with Gasteiger partial charge < -0.3 is 0 Å². The Kier molecular flexibility index (Phi) is 1.13. The van der Waals surface area contributed by atoms with Crippen LogP contribution in [-0.4, -0.2) is 8.42 Å². The number of allylic oxidation sites excluding steroid dienone is 2. The summed E-state index contributed by atoms with van der Waals surface area (Å²) in [7, 11) is -4.05. The molecule has 0 fully saturated rings. The molecule has 0 atom stereocenters. The molecular formula is C4H5O3S. The summed E-state index contributed by atoms with van der Waals surface area (Å²) in [6.07, 6.45) is 2.62. The van der Waals surface area contributed by atoms with Crippen molar-refractivity contribution in [2.75, 3.05) is 0 Å². The lowest BCUT2D eigenvalue weighted by molar-refractivity contribution is 0.418. The SMILES string of the molecule is [O]S(=O)(=O)C1=CCC1. The highest BCUT2D eigenvalue weighted by molar-refractivity contribution is 7.89. The van der Waals surface area contributed by atoms with Crippen molar-refractivity contribution in [3.05, 3.63) is 11.0 Å². The van der Waals surface area contributed by atoms with Crippen LogP contribution >= 0.6 is 0 Å². The van der Waals surface area contributed by atoms with Crippen molar-refractivity contribution in [1.82, 2.24) is 0 Å². The fourth-order valence-electron chi connectivity index (χ4n) is 0.489. The first-order valence-corrected chi connectivity index (χ1v) is 3.66. The molecule has 8 heavy (non-hydrogen) atoms. The van der Waals surface area contributed by atoms with Gasteiger partial charge in [0.15, 0.2) is 0 Å². The molecule has 0 heterocycles. The molecule has 0 spiro atoms. The molecule has 0 amide bonds. The van der Waals surface area contributed by atoms with Crippen LogP contribution in [0.2, 0.25) is 0 Å². The Labute approximate surface area is 47.8 Å². The van der Waals surface area contributed by atoms with Crippen molar-refractivity contribution in [3.63, 3.8) is 0 Å². The van der Waals surface area contributed by atoms with Gasteiger partial charge in [0.2, 0.25) is 0 Å². The molecule has 0 bridgehead atoms. The molecule has 1 aliphatic rings. The molecule has 3 nitrogen and oxygen atoms in total. The molecule has 1 radical (unpaired) electrons. The maximum Gasteiger partial charge on any atom is 0.320 e. The summed E-state index contributed by atoms with van der Waals surface area (Å²) in [6, 6.07) is 0. The van der Waals surface area contributed by atoms with Crippen LogP contribution in [0, 0.1) is 0 Å². The van der Waals surface area contributed by atoms with Crippen molar-refractivity contribution in [3.8, 4) is 0 Å². The molecule has 0 aromatic rings. The lowest BCUT2D eigenvalue weighted by Gasteiger charge is -2.07. The summed E-state index contributed by atoms with van der Waals surface area (Å²) in [4.78, 5) is 0.0532. The molecule has 0 aromatic carbocycles. The van der Waals surface area contributed by atoms with E-state index >= 15 is 0 Å². The highest BCUT2D eigenvalue weighted by Gasteiger charge is 2.19. The van der Waals surface area contributed by atoms with E-state index in [1.165, 1.54) is 6.08 Å². The van der Waals surface area contributed by atoms with Gasteiger partial charge in [0.25, 0.3) is 0 Å². The zero-order valence-electron chi connectivity index (χ0n) is 4.12. The minimum atomic E-state index is -4.05. The topological polar surface area (TPSA) is 54.0 Å². The second-order valence-electron chi connectivity index (χ2n) is 1.66.